The molecule has 2 rings (SSSR count). The molecule has 0 aromatic heterocycles. The van der Waals surface area contributed by atoms with Crippen LogP contribution < -0.4 is 4.74 Å². The number of halogens is 1. The van der Waals surface area contributed by atoms with E-state index in [9.17, 15) is 14.0 Å². The normalized spacial score (nSPS) is 17.0. The number of carbonyl (C=O) groups is 2. The van der Waals surface area contributed by atoms with Crippen LogP contribution in [-0.4, -0.2) is 24.0 Å². The molecule has 1 aromatic carbocycles. The molecule has 1 N–H and O–H groups in total. The van der Waals surface area contributed by atoms with Gasteiger partial charge in [0.1, 0.15) is 0 Å². The third-order valence-corrected chi connectivity index (χ3v) is 4.45. The van der Waals surface area contributed by atoms with Gasteiger partial charge in [0.15, 0.2) is 17.3 Å². The summed E-state index contributed by atoms with van der Waals surface area (Å²) in [4.78, 5) is 23.6. The van der Waals surface area contributed by atoms with Crippen molar-refractivity contribution in [3.63, 3.8) is 0 Å². The van der Waals surface area contributed by atoms with Gasteiger partial charge < -0.3 is 9.84 Å². The third kappa shape index (κ3) is 3.84. The summed E-state index contributed by atoms with van der Waals surface area (Å²) >= 11 is 0. The van der Waals surface area contributed by atoms with E-state index in [1.54, 1.807) is 0 Å². The number of rotatable bonds is 6. The van der Waals surface area contributed by atoms with Crippen molar-refractivity contribution in [2.45, 2.75) is 44.9 Å². The lowest BCUT2D eigenvalue weighted by Crippen LogP contribution is -2.30. The fourth-order valence-electron chi connectivity index (χ4n) is 3.32. The molecule has 0 heterocycles. The summed E-state index contributed by atoms with van der Waals surface area (Å²) in [6, 6.07) is 4.12. The molecular formula is C17H21FO4. The van der Waals surface area contributed by atoms with Gasteiger partial charge in [-0.1, -0.05) is 19.3 Å². The number of ether oxygens (including phenoxy) is 1. The van der Waals surface area contributed by atoms with Gasteiger partial charge in [0.25, 0.3) is 0 Å². The first kappa shape index (κ1) is 16.5. The molecule has 1 aromatic rings. The molecule has 0 saturated heterocycles. The van der Waals surface area contributed by atoms with E-state index in [4.69, 9.17) is 9.84 Å². The van der Waals surface area contributed by atoms with Crippen molar-refractivity contribution >= 4 is 11.8 Å². The lowest BCUT2D eigenvalue weighted by atomic mass is 9.68. The Bertz CT molecular complexity index is 562. The number of carboxylic acid groups (broad SMARTS) is 1. The molecule has 0 unspecified atom stereocenters. The van der Waals surface area contributed by atoms with Crippen molar-refractivity contribution in [3.05, 3.63) is 29.6 Å². The smallest absolute Gasteiger partial charge is 0.303 e. The first-order valence-electron chi connectivity index (χ1n) is 7.54. The van der Waals surface area contributed by atoms with Crippen LogP contribution in [0.1, 0.15) is 55.3 Å². The van der Waals surface area contributed by atoms with E-state index in [1.165, 1.54) is 25.3 Å². The van der Waals surface area contributed by atoms with Crippen LogP contribution in [-0.2, 0) is 4.79 Å². The fourth-order valence-corrected chi connectivity index (χ4v) is 3.32. The molecule has 0 atom stereocenters. The highest BCUT2D eigenvalue weighted by Gasteiger charge is 2.36. The molecule has 0 bridgehead atoms. The number of methoxy groups -OCH3 is 1. The maximum Gasteiger partial charge on any atom is 0.303 e. The van der Waals surface area contributed by atoms with E-state index >= 15 is 0 Å². The van der Waals surface area contributed by atoms with Gasteiger partial charge in [-0.3, -0.25) is 9.59 Å². The number of carboxylic acids is 1. The molecule has 0 radical (unpaired) electrons. The molecule has 1 aliphatic rings. The average molecular weight is 308 g/mol. The predicted molar refractivity (Wildman–Crippen MR) is 79.7 cm³/mol. The average Bonchev–Trinajstić information content (AvgIpc) is 2.47. The Labute approximate surface area is 129 Å². The highest BCUT2D eigenvalue weighted by Crippen LogP contribution is 2.43. The van der Waals surface area contributed by atoms with Crippen LogP contribution in [0.15, 0.2) is 18.2 Å². The number of benzene rings is 1. The highest BCUT2D eigenvalue weighted by atomic mass is 19.1. The van der Waals surface area contributed by atoms with Gasteiger partial charge in [0.05, 0.1) is 13.5 Å². The van der Waals surface area contributed by atoms with Gasteiger partial charge >= 0.3 is 5.97 Å². The second-order valence-corrected chi connectivity index (χ2v) is 6.08. The SMILES string of the molecule is COc1ccc(C(=O)CC2(CC(=O)O)CCCCC2)cc1F. The Balaban J connectivity index is 2.17. The molecular weight excluding hydrogens is 287 g/mol. The molecule has 0 spiro atoms. The van der Waals surface area contributed by atoms with Crippen LogP contribution in [0.4, 0.5) is 4.39 Å². The lowest BCUT2D eigenvalue weighted by Gasteiger charge is -2.35. The van der Waals surface area contributed by atoms with Crippen molar-refractivity contribution < 1.29 is 23.8 Å². The Kier molecular flexibility index (Phi) is 5.16. The minimum atomic E-state index is -0.879. The first-order chi connectivity index (χ1) is 10.5. The molecule has 0 amide bonds. The van der Waals surface area contributed by atoms with Crippen LogP contribution in [0.2, 0.25) is 0 Å². The Morgan fingerprint density at radius 1 is 1.23 bits per heavy atom. The quantitative estimate of drug-likeness (QED) is 0.811. The van der Waals surface area contributed by atoms with E-state index in [0.717, 1.165) is 32.1 Å². The molecule has 120 valence electrons. The monoisotopic (exact) mass is 308 g/mol. The summed E-state index contributed by atoms with van der Waals surface area (Å²) in [6.45, 7) is 0. The zero-order chi connectivity index (χ0) is 16.2. The Morgan fingerprint density at radius 3 is 2.45 bits per heavy atom. The Hall–Kier alpha value is -1.91. The number of carbonyl (C=O) groups excluding carboxylic acids is 1. The number of ketones is 1. The number of hydrogen-bond acceptors (Lipinski definition) is 3. The molecule has 0 aliphatic heterocycles. The number of aliphatic carboxylic acids is 1. The minimum Gasteiger partial charge on any atom is -0.494 e. The topological polar surface area (TPSA) is 63.6 Å². The summed E-state index contributed by atoms with van der Waals surface area (Å²) in [6.07, 6.45) is 4.59. The van der Waals surface area contributed by atoms with Crippen LogP contribution in [0, 0.1) is 11.2 Å². The van der Waals surface area contributed by atoms with Crippen molar-refractivity contribution in [1.29, 1.82) is 0 Å². The van der Waals surface area contributed by atoms with Crippen LogP contribution >= 0.6 is 0 Å². The summed E-state index contributed by atoms with van der Waals surface area (Å²) in [5.41, 5.74) is -0.217. The van der Waals surface area contributed by atoms with Crippen LogP contribution in [0.3, 0.4) is 0 Å². The second kappa shape index (κ2) is 6.90. The largest absolute Gasteiger partial charge is 0.494 e. The minimum absolute atomic E-state index is 0.00260. The molecule has 1 saturated carbocycles. The van der Waals surface area contributed by atoms with Gasteiger partial charge in [-0.05, 0) is 36.5 Å². The third-order valence-electron chi connectivity index (χ3n) is 4.45. The Morgan fingerprint density at radius 2 is 1.91 bits per heavy atom. The standard InChI is InChI=1S/C17H21FO4/c1-22-15-6-5-12(9-13(15)18)14(19)10-17(11-16(20)21)7-3-2-4-8-17/h5-6,9H,2-4,7-8,10-11H2,1H3,(H,20,21). The number of Topliss-reactive ketones (excluding diaryl/α,β-unsaturated/α-hetero) is 1. The van der Waals surface area contributed by atoms with Gasteiger partial charge in [0.2, 0.25) is 0 Å². The van der Waals surface area contributed by atoms with Gasteiger partial charge in [-0.2, -0.15) is 0 Å². The second-order valence-electron chi connectivity index (χ2n) is 6.08. The summed E-state index contributed by atoms with van der Waals surface area (Å²) < 4.78 is 18.6. The van der Waals surface area contributed by atoms with E-state index < -0.39 is 17.2 Å². The van der Waals surface area contributed by atoms with Gasteiger partial charge in [-0.25, -0.2) is 4.39 Å². The van der Waals surface area contributed by atoms with Crippen molar-refractivity contribution in [2.75, 3.05) is 7.11 Å². The van der Waals surface area contributed by atoms with Crippen molar-refractivity contribution in [3.8, 4) is 5.75 Å². The molecule has 22 heavy (non-hydrogen) atoms. The number of hydrogen-bond donors (Lipinski definition) is 1. The van der Waals surface area contributed by atoms with E-state index in [1.807, 2.05) is 0 Å². The lowest BCUT2D eigenvalue weighted by molar-refractivity contribution is -0.140. The van der Waals surface area contributed by atoms with Crippen molar-refractivity contribution in [1.82, 2.24) is 0 Å². The zero-order valence-corrected chi connectivity index (χ0v) is 12.7. The van der Waals surface area contributed by atoms with E-state index in [-0.39, 0.29) is 29.9 Å². The molecule has 1 fully saturated rings. The van der Waals surface area contributed by atoms with Gasteiger partial charge in [-0.15, -0.1) is 0 Å². The zero-order valence-electron chi connectivity index (χ0n) is 12.7. The maximum atomic E-state index is 13.7. The molecule has 4 nitrogen and oxygen atoms in total. The van der Waals surface area contributed by atoms with Gasteiger partial charge in [0, 0.05) is 12.0 Å². The highest BCUT2D eigenvalue weighted by molar-refractivity contribution is 5.96. The van der Waals surface area contributed by atoms with Crippen molar-refractivity contribution in [2.24, 2.45) is 5.41 Å². The summed E-state index contributed by atoms with van der Waals surface area (Å²) in [7, 11) is 1.36. The predicted octanol–water partition coefficient (Wildman–Crippen LogP) is 3.83. The van der Waals surface area contributed by atoms with E-state index in [2.05, 4.69) is 0 Å². The van der Waals surface area contributed by atoms with Crippen LogP contribution in [0.25, 0.3) is 0 Å². The molecule has 1 aliphatic carbocycles. The fraction of sp³-hybridized carbons (Fsp3) is 0.529. The summed E-state index contributed by atoms with van der Waals surface area (Å²) in [5.74, 6) is -1.57. The van der Waals surface area contributed by atoms with Crippen LogP contribution in [0.5, 0.6) is 5.75 Å². The maximum absolute atomic E-state index is 13.7. The van der Waals surface area contributed by atoms with E-state index in [0.29, 0.717) is 0 Å². The molecule has 5 heteroatoms. The summed E-state index contributed by atoms with van der Waals surface area (Å²) in [5, 5.41) is 9.14. The first-order valence-corrected chi connectivity index (χ1v) is 7.54.